The van der Waals surface area contributed by atoms with Crippen molar-refractivity contribution in [2.45, 2.75) is 51.9 Å². The summed E-state index contributed by atoms with van der Waals surface area (Å²) < 4.78 is 5.78. The molecule has 30 heavy (non-hydrogen) atoms. The molecule has 2 aliphatic rings. The zero-order valence-electron chi connectivity index (χ0n) is 18.0. The van der Waals surface area contributed by atoms with E-state index in [-0.39, 0.29) is 5.91 Å². The van der Waals surface area contributed by atoms with Crippen molar-refractivity contribution < 1.29 is 9.53 Å². The van der Waals surface area contributed by atoms with Gasteiger partial charge in [0.25, 0.3) is 5.91 Å². The number of piperazine rings is 1. The predicted octanol–water partition coefficient (Wildman–Crippen LogP) is 4.58. The molecule has 0 atom stereocenters. The van der Waals surface area contributed by atoms with Gasteiger partial charge in [-0.25, -0.2) is 0 Å². The molecule has 0 radical (unpaired) electrons. The van der Waals surface area contributed by atoms with Crippen molar-refractivity contribution in [3.63, 3.8) is 0 Å². The SMILES string of the molecule is CC(C)COc1cccc(C(=O)N2CCN(c3nnc(C4CCCCC4)s3)CC2)c1. The molecular formula is C23H32N4O2S. The fourth-order valence-corrected chi connectivity index (χ4v) is 5.20. The van der Waals surface area contributed by atoms with Crippen LogP contribution in [0, 0.1) is 5.92 Å². The first-order chi connectivity index (χ1) is 14.6. The van der Waals surface area contributed by atoms with Gasteiger partial charge in [0.15, 0.2) is 0 Å². The lowest BCUT2D eigenvalue weighted by molar-refractivity contribution is 0.0746. The number of amides is 1. The van der Waals surface area contributed by atoms with E-state index in [0.29, 0.717) is 37.1 Å². The van der Waals surface area contributed by atoms with Gasteiger partial charge >= 0.3 is 0 Å². The van der Waals surface area contributed by atoms with Gasteiger partial charge in [-0.15, -0.1) is 10.2 Å². The molecule has 1 aromatic carbocycles. The number of carbonyl (C=O) groups is 1. The Hall–Kier alpha value is -2.15. The predicted molar refractivity (Wildman–Crippen MR) is 121 cm³/mol. The van der Waals surface area contributed by atoms with Crippen LogP contribution in [0.3, 0.4) is 0 Å². The lowest BCUT2D eigenvalue weighted by atomic mass is 9.90. The Balaban J connectivity index is 1.32. The number of hydrogen-bond donors (Lipinski definition) is 0. The molecule has 6 nitrogen and oxygen atoms in total. The number of anilines is 1. The first kappa shape index (κ1) is 21.1. The molecule has 1 amide bonds. The van der Waals surface area contributed by atoms with Crippen molar-refractivity contribution in [3.05, 3.63) is 34.8 Å². The third-order valence-corrected chi connectivity index (χ3v) is 7.03. The normalized spacial score (nSPS) is 18.1. The fraction of sp³-hybridized carbons (Fsp3) is 0.609. The maximum Gasteiger partial charge on any atom is 0.254 e. The zero-order valence-corrected chi connectivity index (χ0v) is 18.9. The number of hydrogen-bond acceptors (Lipinski definition) is 6. The molecule has 0 bridgehead atoms. The summed E-state index contributed by atoms with van der Waals surface area (Å²) in [4.78, 5) is 17.2. The molecule has 1 aliphatic carbocycles. The van der Waals surface area contributed by atoms with E-state index in [0.717, 1.165) is 24.0 Å². The van der Waals surface area contributed by atoms with Crippen LogP contribution in [0.1, 0.15) is 67.2 Å². The molecule has 0 unspecified atom stereocenters. The number of nitrogens with zero attached hydrogens (tertiary/aromatic N) is 4. The van der Waals surface area contributed by atoms with Crippen molar-refractivity contribution >= 4 is 22.4 Å². The molecule has 0 spiro atoms. The standard InChI is InChI=1S/C23H32N4O2S/c1-17(2)16-29-20-10-6-9-19(15-20)22(28)26-11-13-27(14-12-26)23-25-24-21(30-23)18-7-4-3-5-8-18/h6,9-10,15,17-18H,3-5,7-8,11-14,16H2,1-2H3. The van der Waals surface area contributed by atoms with Gasteiger partial charge in [0.1, 0.15) is 10.8 Å². The Bertz CT molecular complexity index is 839. The topological polar surface area (TPSA) is 58.6 Å². The van der Waals surface area contributed by atoms with Crippen LogP contribution in [0.4, 0.5) is 5.13 Å². The van der Waals surface area contributed by atoms with Crippen LogP contribution in [0.2, 0.25) is 0 Å². The lowest BCUT2D eigenvalue weighted by Gasteiger charge is -2.34. The minimum absolute atomic E-state index is 0.0739. The maximum atomic E-state index is 13.0. The smallest absolute Gasteiger partial charge is 0.254 e. The third-order valence-electron chi connectivity index (χ3n) is 5.89. The average Bonchev–Trinajstić information content (AvgIpc) is 3.28. The number of carbonyl (C=O) groups excluding carboxylic acids is 1. The maximum absolute atomic E-state index is 13.0. The second-order valence-corrected chi connectivity index (χ2v) is 9.76. The summed E-state index contributed by atoms with van der Waals surface area (Å²) in [5, 5.41) is 11.2. The largest absolute Gasteiger partial charge is 0.493 e. The molecule has 2 aromatic rings. The molecule has 0 N–H and O–H groups in total. The average molecular weight is 429 g/mol. The Kier molecular flexibility index (Phi) is 6.87. The zero-order chi connectivity index (χ0) is 20.9. The summed E-state index contributed by atoms with van der Waals surface area (Å²) in [6.07, 6.45) is 6.47. The quantitative estimate of drug-likeness (QED) is 0.674. The molecule has 1 aromatic heterocycles. The minimum Gasteiger partial charge on any atom is -0.493 e. The van der Waals surface area contributed by atoms with Gasteiger partial charge in [0.2, 0.25) is 5.13 Å². The molecule has 162 valence electrons. The molecule has 1 saturated heterocycles. The Labute approximate surface area is 183 Å². The summed E-state index contributed by atoms with van der Waals surface area (Å²) >= 11 is 1.75. The van der Waals surface area contributed by atoms with E-state index in [1.807, 2.05) is 29.2 Å². The number of benzene rings is 1. The van der Waals surface area contributed by atoms with Gasteiger partial charge in [-0.1, -0.05) is 50.5 Å². The highest BCUT2D eigenvalue weighted by Gasteiger charge is 2.26. The Morgan fingerprint density at radius 2 is 1.90 bits per heavy atom. The van der Waals surface area contributed by atoms with Crippen LogP contribution in [-0.2, 0) is 0 Å². The summed E-state index contributed by atoms with van der Waals surface area (Å²) in [6, 6.07) is 7.54. The summed E-state index contributed by atoms with van der Waals surface area (Å²) in [5.74, 6) is 1.89. The Morgan fingerprint density at radius 1 is 1.13 bits per heavy atom. The second-order valence-electron chi connectivity index (χ2n) is 8.77. The molecule has 7 heteroatoms. The van der Waals surface area contributed by atoms with Gasteiger partial charge < -0.3 is 14.5 Å². The van der Waals surface area contributed by atoms with Gasteiger partial charge in [-0.05, 0) is 37.0 Å². The van der Waals surface area contributed by atoms with E-state index in [1.165, 1.54) is 37.1 Å². The lowest BCUT2D eigenvalue weighted by Crippen LogP contribution is -2.48. The Morgan fingerprint density at radius 3 is 2.63 bits per heavy atom. The van der Waals surface area contributed by atoms with Crippen molar-refractivity contribution in [1.29, 1.82) is 0 Å². The summed E-state index contributed by atoms with van der Waals surface area (Å²) in [6.45, 7) is 7.89. The molecule has 2 heterocycles. The molecule has 1 saturated carbocycles. The van der Waals surface area contributed by atoms with Crippen molar-refractivity contribution in [2.75, 3.05) is 37.7 Å². The van der Waals surface area contributed by atoms with Crippen LogP contribution >= 0.6 is 11.3 Å². The van der Waals surface area contributed by atoms with Gasteiger partial charge in [0, 0.05) is 37.7 Å². The van der Waals surface area contributed by atoms with E-state index >= 15 is 0 Å². The van der Waals surface area contributed by atoms with Crippen LogP contribution in [0.5, 0.6) is 5.75 Å². The van der Waals surface area contributed by atoms with Gasteiger partial charge in [-0.2, -0.15) is 0 Å². The van der Waals surface area contributed by atoms with Crippen LogP contribution in [-0.4, -0.2) is 53.8 Å². The van der Waals surface area contributed by atoms with Crippen LogP contribution < -0.4 is 9.64 Å². The first-order valence-electron chi connectivity index (χ1n) is 11.2. The van der Waals surface area contributed by atoms with E-state index in [4.69, 9.17) is 4.74 Å². The fourth-order valence-electron chi connectivity index (χ4n) is 4.13. The van der Waals surface area contributed by atoms with E-state index in [2.05, 4.69) is 28.9 Å². The number of aromatic nitrogens is 2. The van der Waals surface area contributed by atoms with Crippen LogP contribution in [0.25, 0.3) is 0 Å². The van der Waals surface area contributed by atoms with E-state index in [9.17, 15) is 4.79 Å². The molecule has 2 fully saturated rings. The van der Waals surface area contributed by atoms with E-state index in [1.54, 1.807) is 11.3 Å². The summed E-state index contributed by atoms with van der Waals surface area (Å²) in [7, 11) is 0. The van der Waals surface area contributed by atoms with Crippen LogP contribution in [0.15, 0.2) is 24.3 Å². The number of ether oxygens (including phenoxy) is 1. The summed E-state index contributed by atoms with van der Waals surface area (Å²) in [5.41, 5.74) is 0.695. The third kappa shape index (κ3) is 5.12. The number of rotatable bonds is 6. The highest BCUT2D eigenvalue weighted by Crippen LogP contribution is 2.36. The first-order valence-corrected chi connectivity index (χ1v) is 12.0. The van der Waals surface area contributed by atoms with Gasteiger partial charge in [0.05, 0.1) is 6.61 Å². The molecule has 1 aliphatic heterocycles. The van der Waals surface area contributed by atoms with Crippen molar-refractivity contribution in [1.82, 2.24) is 15.1 Å². The van der Waals surface area contributed by atoms with E-state index < -0.39 is 0 Å². The minimum atomic E-state index is 0.0739. The van der Waals surface area contributed by atoms with Crippen molar-refractivity contribution in [3.8, 4) is 5.75 Å². The molecule has 4 rings (SSSR count). The highest BCUT2D eigenvalue weighted by molar-refractivity contribution is 7.15. The van der Waals surface area contributed by atoms with Crippen molar-refractivity contribution in [2.24, 2.45) is 5.92 Å². The highest BCUT2D eigenvalue weighted by atomic mass is 32.1. The molecular weight excluding hydrogens is 396 g/mol. The van der Waals surface area contributed by atoms with Gasteiger partial charge in [-0.3, -0.25) is 4.79 Å². The second kappa shape index (κ2) is 9.77. The monoisotopic (exact) mass is 428 g/mol.